The van der Waals surface area contributed by atoms with Crippen LogP contribution in [0.25, 0.3) is 0 Å². The van der Waals surface area contributed by atoms with Gasteiger partial charge in [0.25, 0.3) is 5.91 Å². The highest BCUT2D eigenvalue weighted by Gasteiger charge is 2.40. The molecule has 3 rings (SSSR count). The molecule has 0 unspecified atom stereocenters. The van der Waals surface area contributed by atoms with Gasteiger partial charge < -0.3 is 24.8 Å². The van der Waals surface area contributed by atoms with Crippen molar-refractivity contribution in [2.45, 2.75) is 50.5 Å². The van der Waals surface area contributed by atoms with Crippen molar-refractivity contribution in [3.63, 3.8) is 0 Å². The van der Waals surface area contributed by atoms with Crippen LogP contribution < -0.4 is 5.32 Å². The second-order valence-electron chi connectivity index (χ2n) is 7.41. The normalized spacial score (nSPS) is 27.5. The zero-order chi connectivity index (χ0) is 21.0. The van der Waals surface area contributed by atoms with Crippen LogP contribution in [0.2, 0.25) is 10.0 Å². The first-order valence-electron chi connectivity index (χ1n) is 9.82. The molecule has 0 spiro atoms. The van der Waals surface area contributed by atoms with Gasteiger partial charge in [-0.1, -0.05) is 23.2 Å². The van der Waals surface area contributed by atoms with Gasteiger partial charge >= 0.3 is 0 Å². The monoisotopic (exact) mass is 444 g/mol. The number of carbonyl (C=O) groups is 2. The number of hydrogen-bond acceptors (Lipinski definition) is 5. The molecule has 4 atom stereocenters. The SMILES string of the molecule is CCNC(=O)C[C@H]1CC[C@@H]2[C@H](COC[C@@H](O)CN2C(=O)c2cc(Cl)cc(Cl)c2)O1. The molecule has 2 saturated heterocycles. The topological polar surface area (TPSA) is 88.1 Å². The second kappa shape index (κ2) is 10.1. The number of rotatable bonds is 4. The number of ether oxygens (including phenoxy) is 2. The molecule has 7 nitrogen and oxygen atoms in total. The molecule has 0 radical (unpaired) electrons. The predicted molar refractivity (Wildman–Crippen MR) is 109 cm³/mol. The lowest BCUT2D eigenvalue weighted by Crippen LogP contribution is -2.57. The number of nitrogens with one attached hydrogen (secondary N) is 1. The molecule has 2 heterocycles. The Labute approximate surface area is 180 Å². The van der Waals surface area contributed by atoms with Crippen LogP contribution in [0.5, 0.6) is 0 Å². The Kier molecular flexibility index (Phi) is 7.76. The van der Waals surface area contributed by atoms with Crippen molar-refractivity contribution in [2.24, 2.45) is 0 Å². The number of halogens is 2. The van der Waals surface area contributed by atoms with Gasteiger partial charge in [0.1, 0.15) is 6.10 Å². The standard InChI is InChI=1S/C20H26Cl2N2O5/c1-2-23-19(26)8-16-3-4-17-18(29-16)11-28-10-15(25)9-24(17)20(27)12-5-13(21)7-14(22)6-12/h5-7,15-18,25H,2-4,8-11H2,1H3,(H,23,26)/t15-,16+,17+,18-/m0/s1. The molecule has 160 valence electrons. The van der Waals surface area contributed by atoms with Gasteiger partial charge in [-0.15, -0.1) is 0 Å². The number of hydrogen-bond donors (Lipinski definition) is 2. The maximum Gasteiger partial charge on any atom is 0.254 e. The smallest absolute Gasteiger partial charge is 0.254 e. The minimum Gasteiger partial charge on any atom is -0.389 e. The Balaban J connectivity index is 1.78. The third-order valence-electron chi connectivity index (χ3n) is 5.14. The Morgan fingerprint density at radius 1 is 1.21 bits per heavy atom. The van der Waals surface area contributed by atoms with E-state index < -0.39 is 6.10 Å². The number of β-amino-alcohol motifs (C(OH)–C–C–N with tert-alkyl or cyclic N) is 1. The first-order valence-corrected chi connectivity index (χ1v) is 10.6. The number of carbonyl (C=O) groups excluding carboxylic acids is 2. The minimum absolute atomic E-state index is 0.0559. The van der Waals surface area contributed by atoms with Crippen LogP contribution in [0.15, 0.2) is 18.2 Å². The lowest BCUT2D eigenvalue weighted by molar-refractivity contribution is -0.150. The third-order valence-corrected chi connectivity index (χ3v) is 5.57. The van der Waals surface area contributed by atoms with Gasteiger partial charge in [-0.25, -0.2) is 0 Å². The largest absolute Gasteiger partial charge is 0.389 e. The maximum atomic E-state index is 13.3. The van der Waals surface area contributed by atoms with Crippen LogP contribution in [0.3, 0.4) is 0 Å². The number of aliphatic hydroxyl groups excluding tert-OH is 1. The van der Waals surface area contributed by atoms with E-state index in [-0.39, 0.29) is 56.2 Å². The molecule has 29 heavy (non-hydrogen) atoms. The summed E-state index contributed by atoms with van der Waals surface area (Å²) < 4.78 is 11.7. The zero-order valence-electron chi connectivity index (χ0n) is 16.3. The molecule has 2 aliphatic rings. The summed E-state index contributed by atoms with van der Waals surface area (Å²) in [7, 11) is 0. The third kappa shape index (κ3) is 5.83. The molecule has 0 saturated carbocycles. The molecular formula is C20H26Cl2N2O5. The number of nitrogens with zero attached hydrogens (tertiary/aromatic N) is 1. The number of amides is 2. The van der Waals surface area contributed by atoms with E-state index in [2.05, 4.69) is 5.32 Å². The molecule has 0 aliphatic carbocycles. The van der Waals surface area contributed by atoms with E-state index in [9.17, 15) is 14.7 Å². The fraction of sp³-hybridized carbons (Fsp3) is 0.600. The molecule has 0 bridgehead atoms. The van der Waals surface area contributed by atoms with Gasteiger partial charge in [0, 0.05) is 28.7 Å². The van der Waals surface area contributed by atoms with Crippen LogP contribution in [0.4, 0.5) is 0 Å². The molecule has 1 aromatic carbocycles. The van der Waals surface area contributed by atoms with E-state index >= 15 is 0 Å². The van der Waals surface area contributed by atoms with Gasteiger partial charge in [0.05, 0.1) is 37.9 Å². The van der Waals surface area contributed by atoms with Crippen molar-refractivity contribution >= 4 is 35.0 Å². The minimum atomic E-state index is -0.803. The average molecular weight is 445 g/mol. The predicted octanol–water partition coefficient (Wildman–Crippen LogP) is 2.27. The van der Waals surface area contributed by atoms with Gasteiger partial charge in [-0.05, 0) is 38.0 Å². The highest BCUT2D eigenvalue weighted by atomic mass is 35.5. The zero-order valence-corrected chi connectivity index (χ0v) is 17.8. The lowest BCUT2D eigenvalue weighted by Gasteiger charge is -2.44. The number of benzene rings is 1. The summed E-state index contributed by atoms with van der Waals surface area (Å²) in [6.07, 6.45) is 0.141. The quantitative estimate of drug-likeness (QED) is 0.743. The van der Waals surface area contributed by atoms with Gasteiger partial charge in [-0.3, -0.25) is 9.59 Å². The van der Waals surface area contributed by atoms with E-state index in [1.807, 2.05) is 6.92 Å². The highest BCUT2D eigenvalue weighted by molar-refractivity contribution is 6.35. The number of fused-ring (bicyclic) bond motifs is 1. The second-order valence-corrected chi connectivity index (χ2v) is 8.28. The maximum absolute atomic E-state index is 13.3. The molecular weight excluding hydrogens is 419 g/mol. The molecule has 2 amide bonds. The Morgan fingerprint density at radius 2 is 1.93 bits per heavy atom. The first kappa shape index (κ1) is 22.3. The van der Waals surface area contributed by atoms with E-state index in [1.54, 1.807) is 23.1 Å². The Hall–Kier alpha value is -1.38. The van der Waals surface area contributed by atoms with Crippen molar-refractivity contribution in [3.8, 4) is 0 Å². The van der Waals surface area contributed by atoms with Crippen LogP contribution in [0.1, 0.15) is 36.5 Å². The lowest BCUT2D eigenvalue weighted by atomic mass is 9.94. The highest BCUT2D eigenvalue weighted by Crippen LogP contribution is 2.29. The summed E-state index contributed by atoms with van der Waals surface area (Å²) in [6.45, 7) is 2.91. The van der Waals surface area contributed by atoms with E-state index in [0.717, 1.165) is 0 Å². The van der Waals surface area contributed by atoms with E-state index in [1.165, 1.54) is 0 Å². The van der Waals surface area contributed by atoms with Crippen LogP contribution in [-0.4, -0.2) is 72.5 Å². The van der Waals surface area contributed by atoms with Gasteiger partial charge in [-0.2, -0.15) is 0 Å². The Bertz CT molecular complexity index is 727. The summed E-state index contributed by atoms with van der Waals surface area (Å²) in [5.74, 6) is -0.323. The summed E-state index contributed by atoms with van der Waals surface area (Å²) in [6, 6.07) is 4.41. The van der Waals surface area contributed by atoms with Gasteiger partial charge in [0.15, 0.2) is 0 Å². The molecule has 2 fully saturated rings. The van der Waals surface area contributed by atoms with Crippen LogP contribution in [0, 0.1) is 0 Å². The van der Waals surface area contributed by atoms with Crippen LogP contribution in [-0.2, 0) is 14.3 Å². The molecule has 2 N–H and O–H groups in total. The van der Waals surface area contributed by atoms with E-state index in [4.69, 9.17) is 32.7 Å². The molecule has 0 aromatic heterocycles. The fourth-order valence-corrected chi connectivity index (χ4v) is 4.42. The Morgan fingerprint density at radius 3 is 2.62 bits per heavy atom. The summed E-state index contributed by atoms with van der Waals surface area (Å²) in [4.78, 5) is 26.8. The van der Waals surface area contributed by atoms with Crippen molar-refractivity contribution < 1.29 is 24.2 Å². The summed E-state index contributed by atoms with van der Waals surface area (Å²) in [5, 5.41) is 13.8. The average Bonchev–Trinajstić information content (AvgIpc) is 2.64. The fourth-order valence-electron chi connectivity index (χ4n) is 3.89. The van der Waals surface area contributed by atoms with Crippen LogP contribution >= 0.6 is 23.2 Å². The van der Waals surface area contributed by atoms with Crippen molar-refractivity contribution in [1.82, 2.24) is 10.2 Å². The van der Waals surface area contributed by atoms with Crippen molar-refractivity contribution in [1.29, 1.82) is 0 Å². The molecule has 2 aliphatic heterocycles. The van der Waals surface area contributed by atoms with Crippen molar-refractivity contribution in [2.75, 3.05) is 26.3 Å². The molecule has 9 heteroatoms. The summed E-state index contributed by atoms with van der Waals surface area (Å²) >= 11 is 12.1. The van der Waals surface area contributed by atoms with E-state index in [0.29, 0.717) is 35.0 Å². The van der Waals surface area contributed by atoms with Gasteiger partial charge in [0.2, 0.25) is 5.91 Å². The first-order chi connectivity index (χ1) is 13.9. The molecule has 1 aromatic rings. The number of aliphatic hydroxyl groups is 1. The van der Waals surface area contributed by atoms with Crippen molar-refractivity contribution in [3.05, 3.63) is 33.8 Å². The summed E-state index contributed by atoms with van der Waals surface area (Å²) in [5.41, 5.74) is 0.361.